The topological polar surface area (TPSA) is 58.6 Å². The fraction of sp³-hybridized carbons (Fsp3) is 0.600. The van der Waals surface area contributed by atoms with Crippen molar-refractivity contribution in [1.29, 1.82) is 0 Å². The van der Waals surface area contributed by atoms with Gasteiger partial charge in [-0.05, 0) is 37.5 Å². The van der Waals surface area contributed by atoms with E-state index in [9.17, 15) is 21.6 Å². The highest BCUT2D eigenvalue weighted by Gasteiger charge is 2.31. The Morgan fingerprint density at radius 2 is 1.79 bits per heavy atom. The maximum Gasteiger partial charge on any atom is 0.573 e. The summed E-state index contributed by atoms with van der Waals surface area (Å²) in [5, 5.41) is 3.31. The number of halogens is 3. The van der Waals surface area contributed by atoms with Crippen LogP contribution in [0.2, 0.25) is 0 Å². The Balaban J connectivity index is 1.79. The molecular formula is C15H21F3N2O3S. The van der Waals surface area contributed by atoms with E-state index in [2.05, 4.69) is 10.1 Å². The number of nitrogens with zero attached hydrogens (tertiary/aromatic N) is 1. The van der Waals surface area contributed by atoms with Crippen molar-refractivity contribution in [1.82, 2.24) is 9.62 Å². The van der Waals surface area contributed by atoms with Gasteiger partial charge in [-0.1, -0.05) is 12.1 Å². The van der Waals surface area contributed by atoms with Crippen LogP contribution in [0.25, 0.3) is 0 Å². The molecule has 136 valence electrons. The molecule has 0 saturated carbocycles. The van der Waals surface area contributed by atoms with Gasteiger partial charge in [-0.15, -0.1) is 13.2 Å². The first kappa shape index (κ1) is 19.0. The van der Waals surface area contributed by atoms with E-state index in [4.69, 9.17) is 0 Å². The third kappa shape index (κ3) is 5.64. The Bertz CT molecular complexity index is 624. The zero-order chi connectivity index (χ0) is 17.8. The van der Waals surface area contributed by atoms with Gasteiger partial charge in [0.1, 0.15) is 5.75 Å². The molecule has 1 aliphatic rings. The second-order valence-electron chi connectivity index (χ2n) is 5.65. The van der Waals surface area contributed by atoms with Gasteiger partial charge in [0, 0.05) is 25.7 Å². The summed E-state index contributed by atoms with van der Waals surface area (Å²) in [6.45, 7) is 3.13. The first-order chi connectivity index (χ1) is 11.2. The van der Waals surface area contributed by atoms with Crippen molar-refractivity contribution in [2.75, 3.05) is 18.8 Å². The van der Waals surface area contributed by atoms with E-state index in [0.29, 0.717) is 32.5 Å². The average Bonchev–Trinajstić information content (AvgIpc) is 2.53. The molecule has 0 aromatic heterocycles. The number of hydrogen-bond donors (Lipinski definition) is 1. The molecule has 0 bridgehead atoms. The molecule has 9 heteroatoms. The largest absolute Gasteiger partial charge is 0.573 e. The molecule has 1 aromatic carbocycles. The molecular weight excluding hydrogens is 345 g/mol. The van der Waals surface area contributed by atoms with Crippen LogP contribution in [-0.4, -0.2) is 44.0 Å². The lowest BCUT2D eigenvalue weighted by molar-refractivity contribution is -0.274. The summed E-state index contributed by atoms with van der Waals surface area (Å²) in [5.41, 5.74) is 0.841. The Kier molecular flexibility index (Phi) is 6.11. The van der Waals surface area contributed by atoms with Gasteiger partial charge in [-0.2, -0.15) is 0 Å². The minimum absolute atomic E-state index is 0.109. The summed E-state index contributed by atoms with van der Waals surface area (Å²) in [5.74, 6) is -0.137. The molecule has 1 N–H and O–H groups in total. The highest BCUT2D eigenvalue weighted by molar-refractivity contribution is 7.89. The SMILES string of the molecule is CCS(=O)(=O)N1CCC(NCc2ccc(OC(F)(F)F)cc2)CC1. The monoisotopic (exact) mass is 366 g/mol. The highest BCUT2D eigenvalue weighted by atomic mass is 32.2. The van der Waals surface area contributed by atoms with Crippen molar-refractivity contribution in [3.8, 4) is 5.75 Å². The summed E-state index contributed by atoms with van der Waals surface area (Å²) in [6, 6.07) is 5.90. The van der Waals surface area contributed by atoms with Crippen molar-refractivity contribution in [3.63, 3.8) is 0 Å². The minimum Gasteiger partial charge on any atom is -0.406 e. The van der Waals surface area contributed by atoms with Crippen LogP contribution in [0, 0.1) is 0 Å². The summed E-state index contributed by atoms with van der Waals surface area (Å²) < 4.78 is 65.2. The Hall–Kier alpha value is -1.32. The van der Waals surface area contributed by atoms with Gasteiger partial charge in [0.2, 0.25) is 10.0 Å². The molecule has 0 spiro atoms. The molecule has 0 radical (unpaired) electrons. The molecule has 1 heterocycles. The lowest BCUT2D eigenvalue weighted by atomic mass is 10.1. The number of ether oxygens (including phenoxy) is 1. The maximum atomic E-state index is 12.1. The number of alkyl halides is 3. The van der Waals surface area contributed by atoms with Crippen LogP contribution in [0.3, 0.4) is 0 Å². The molecule has 24 heavy (non-hydrogen) atoms. The van der Waals surface area contributed by atoms with Crippen LogP contribution in [0.15, 0.2) is 24.3 Å². The molecule has 5 nitrogen and oxygen atoms in total. The normalized spacial score (nSPS) is 17.8. The smallest absolute Gasteiger partial charge is 0.406 e. The van der Waals surface area contributed by atoms with Crippen molar-refractivity contribution in [3.05, 3.63) is 29.8 Å². The van der Waals surface area contributed by atoms with Crippen molar-refractivity contribution < 1.29 is 26.3 Å². The predicted octanol–water partition coefficient (Wildman–Crippen LogP) is 2.49. The fourth-order valence-electron chi connectivity index (χ4n) is 2.59. The molecule has 0 aliphatic carbocycles. The molecule has 0 atom stereocenters. The zero-order valence-electron chi connectivity index (χ0n) is 13.3. The predicted molar refractivity (Wildman–Crippen MR) is 84.0 cm³/mol. The van der Waals surface area contributed by atoms with Crippen LogP contribution >= 0.6 is 0 Å². The summed E-state index contributed by atoms with van der Waals surface area (Å²) >= 11 is 0. The maximum absolute atomic E-state index is 12.1. The minimum atomic E-state index is -4.69. The van der Waals surface area contributed by atoms with Crippen molar-refractivity contribution in [2.24, 2.45) is 0 Å². The van der Waals surface area contributed by atoms with Crippen LogP contribution in [-0.2, 0) is 16.6 Å². The summed E-state index contributed by atoms with van der Waals surface area (Å²) in [6.07, 6.45) is -3.25. The van der Waals surface area contributed by atoms with E-state index in [-0.39, 0.29) is 17.5 Å². The van der Waals surface area contributed by atoms with Gasteiger partial charge in [-0.25, -0.2) is 12.7 Å². The Morgan fingerprint density at radius 1 is 1.21 bits per heavy atom. The van der Waals surface area contributed by atoms with E-state index < -0.39 is 16.4 Å². The molecule has 1 aromatic rings. The Labute approximate surface area is 139 Å². The van der Waals surface area contributed by atoms with Crippen LogP contribution in [0.1, 0.15) is 25.3 Å². The number of piperidine rings is 1. The van der Waals surface area contributed by atoms with Gasteiger partial charge in [0.15, 0.2) is 0 Å². The average molecular weight is 366 g/mol. The lowest BCUT2D eigenvalue weighted by Crippen LogP contribution is -2.45. The first-order valence-electron chi connectivity index (χ1n) is 7.75. The van der Waals surface area contributed by atoms with Crippen LogP contribution in [0.4, 0.5) is 13.2 Å². The van der Waals surface area contributed by atoms with Crippen molar-refractivity contribution in [2.45, 2.75) is 38.7 Å². The van der Waals surface area contributed by atoms with Crippen LogP contribution < -0.4 is 10.1 Å². The Morgan fingerprint density at radius 3 is 2.29 bits per heavy atom. The quantitative estimate of drug-likeness (QED) is 0.840. The molecule has 1 aliphatic heterocycles. The number of hydrogen-bond acceptors (Lipinski definition) is 4. The molecule has 0 unspecified atom stereocenters. The van der Waals surface area contributed by atoms with E-state index in [1.54, 1.807) is 19.1 Å². The third-order valence-corrected chi connectivity index (χ3v) is 5.85. The standard InChI is InChI=1S/C15H21F3N2O3S/c1-2-24(21,22)20-9-7-13(8-10-20)19-11-12-3-5-14(6-4-12)23-15(16,17)18/h3-6,13,19H,2,7-11H2,1H3. The third-order valence-electron chi connectivity index (χ3n) is 3.96. The lowest BCUT2D eigenvalue weighted by Gasteiger charge is -2.31. The van der Waals surface area contributed by atoms with E-state index in [1.165, 1.54) is 16.4 Å². The van der Waals surface area contributed by atoms with E-state index >= 15 is 0 Å². The van der Waals surface area contributed by atoms with Gasteiger partial charge in [0.25, 0.3) is 0 Å². The second-order valence-corrected chi connectivity index (χ2v) is 7.90. The molecule has 1 fully saturated rings. The van der Waals surface area contributed by atoms with E-state index in [0.717, 1.165) is 5.56 Å². The number of sulfonamides is 1. The van der Waals surface area contributed by atoms with Crippen LogP contribution in [0.5, 0.6) is 5.75 Å². The van der Waals surface area contributed by atoms with Gasteiger partial charge in [0.05, 0.1) is 5.75 Å². The first-order valence-corrected chi connectivity index (χ1v) is 9.36. The molecule has 1 saturated heterocycles. The number of benzene rings is 1. The second kappa shape index (κ2) is 7.71. The van der Waals surface area contributed by atoms with Gasteiger partial charge < -0.3 is 10.1 Å². The molecule has 2 rings (SSSR count). The fourth-order valence-corrected chi connectivity index (χ4v) is 3.72. The summed E-state index contributed by atoms with van der Waals surface area (Å²) in [7, 11) is -3.13. The zero-order valence-corrected chi connectivity index (χ0v) is 14.2. The van der Waals surface area contributed by atoms with Crippen molar-refractivity contribution >= 4 is 10.0 Å². The summed E-state index contributed by atoms with van der Waals surface area (Å²) in [4.78, 5) is 0. The van der Waals surface area contributed by atoms with E-state index in [1.807, 2.05) is 0 Å². The van der Waals surface area contributed by atoms with Gasteiger partial charge >= 0.3 is 6.36 Å². The number of rotatable bonds is 6. The number of nitrogens with one attached hydrogen (secondary N) is 1. The van der Waals surface area contributed by atoms with Gasteiger partial charge in [-0.3, -0.25) is 0 Å². The molecule has 0 amide bonds. The highest BCUT2D eigenvalue weighted by Crippen LogP contribution is 2.23.